The van der Waals surface area contributed by atoms with E-state index in [4.69, 9.17) is 4.74 Å². The summed E-state index contributed by atoms with van der Waals surface area (Å²) in [6, 6.07) is 4.70. The zero-order chi connectivity index (χ0) is 22.9. The normalized spacial score (nSPS) is 23.9. The molecule has 1 aromatic rings. The minimum Gasteiger partial charge on any atom is -0.447 e. The summed E-state index contributed by atoms with van der Waals surface area (Å²) in [5.74, 6) is 0. The van der Waals surface area contributed by atoms with E-state index >= 15 is 0 Å². The second kappa shape index (κ2) is 6.73. The lowest BCUT2D eigenvalue weighted by molar-refractivity contribution is -0.106. The average molecular weight is 474 g/mol. The second-order valence-corrected chi connectivity index (χ2v) is 11.2. The molecule has 32 heavy (non-hydrogen) atoms. The third kappa shape index (κ3) is 3.38. The highest BCUT2D eigenvalue weighted by molar-refractivity contribution is 7.92. The number of likely N-dealkylation sites (tertiary alicyclic amines) is 3. The fourth-order valence-corrected chi connectivity index (χ4v) is 5.72. The average Bonchev–Trinajstić information content (AvgIpc) is 3.02. The van der Waals surface area contributed by atoms with Crippen molar-refractivity contribution in [2.45, 2.75) is 22.5 Å². The number of halogens is 3. The van der Waals surface area contributed by atoms with Crippen LogP contribution in [-0.4, -0.2) is 92.2 Å². The third-order valence-corrected chi connectivity index (χ3v) is 7.99. The van der Waals surface area contributed by atoms with Gasteiger partial charge in [0, 0.05) is 38.1 Å². The molecule has 0 bridgehead atoms. The predicted molar refractivity (Wildman–Crippen MR) is 103 cm³/mol. The topological polar surface area (TPSA) is 99.3 Å². The number of alkyl halides is 3. The quantitative estimate of drug-likeness (QED) is 0.702. The van der Waals surface area contributed by atoms with Gasteiger partial charge in [-0.1, -0.05) is 12.1 Å². The summed E-state index contributed by atoms with van der Waals surface area (Å²) in [6.45, 7) is 4.43. The lowest BCUT2D eigenvalue weighted by Gasteiger charge is -2.61. The van der Waals surface area contributed by atoms with Gasteiger partial charge in [0.15, 0.2) is 0 Å². The number of urea groups is 1. The van der Waals surface area contributed by atoms with Crippen LogP contribution in [0.25, 0.3) is 0 Å². The number of alkyl carbamates (subject to hydrolysis) is 1. The molecular weight excluding hydrogens is 453 g/mol. The summed E-state index contributed by atoms with van der Waals surface area (Å²) in [5.41, 5.74) is -5.01. The number of benzene rings is 1. The number of ether oxygens (including phenoxy) is 1. The Morgan fingerprint density at radius 2 is 1.62 bits per heavy atom. The Bertz CT molecular complexity index is 1060. The first kappa shape index (κ1) is 21.3. The lowest BCUT2D eigenvalue weighted by Crippen LogP contribution is -2.77. The number of nitrogens with one attached hydrogen (secondary N) is 1. The molecular formula is C19H21F3N4O5S. The molecule has 9 nitrogen and oxygen atoms in total. The molecule has 4 heterocycles. The summed E-state index contributed by atoms with van der Waals surface area (Å²) >= 11 is 0. The van der Waals surface area contributed by atoms with Crippen molar-refractivity contribution >= 4 is 22.0 Å². The van der Waals surface area contributed by atoms with Crippen molar-refractivity contribution in [3.63, 3.8) is 0 Å². The number of cyclic esters (lactones) is 1. The van der Waals surface area contributed by atoms with E-state index in [0.29, 0.717) is 32.7 Å². The van der Waals surface area contributed by atoms with E-state index in [-0.39, 0.29) is 18.1 Å². The maximum Gasteiger partial charge on any atom is 0.501 e. The smallest absolute Gasteiger partial charge is 0.447 e. The molecule has 4 saturated heterocycles. The Morgan fingerprint density at radius 3 is 2.16 bits per heavy atom. The number of carbonyl (C=O) groups is 2. The van der Waals surface area contributed by atoms with Gasteiger partial charge in [-0.25, -0.2) is 18.0 Å². The van der Waals surface area contributed by atoms with Gasteiger partial charge in [0.2, 0.25) is 0 Å². The minimum atomic E-state index is -5.34. The van der Waals surface area contributed by atoms with Gasteiger partial charge in [0.25, 0.3) is 9.84 Å². The Kier molecular flexibility index (Phi) is 4.48. The van der Waals surface area contributed by atoms with Gasteiger partial charge in [0.05, 0.1) is 18.0 Å². The fraction of sp³-hybridized carbons (Fsp3) is 0.579. The van der Waals surface area contributed by atoms with Gasteiger partial charge in [-0.15, -0.1) is 0 Å². The molecule has 0 atom stereocenters. The number of hydrogen-bond donors (Lipinski definition) is 1. The van der Waals surface area contributed by atoms with Crippen molar-refractivity contribution in [1.29, 1.82) is 0 Å². The molecule has 13 heteroatoms. The van der Waals surface area contributed by atoms with E-state index in [2.05, 4.69) is 10.2 Å². The van der Waals surface area contributed by atoms with E-state index in [1.165, 1.54) is 12.1 Å². The van der Waals surface area contributed by atoms with Crippen LogP contribution in [0.15, 0.2) is 29.2 Å². The molecule has 3 amide bonds. The SMILES string of the molecule is O=C1NC2(CO1)CN(C(=O)N1CC3(CN(Cc4ccc(S(=O)(=O)C(F)(F)F)cc4)C3)C1)C2. The number of amides is 3. The Morgan fingerprint density at radius 1 is 1.03 bits per heavy atom. The summed E-state index contributed by atoms with van der Waals surface area (Å²) in [4.78, 5) is 28.6. The summed E-state index contributed by atoms with van der Waals surface area (Å²) < 4.78 is 65.7. The van der Waals surface area contributed by atoms with Crippen LogP contribution < -0.4 is 5.32 Å². The molecule has 2 spiro atoms. The van der Waals surface area contributed by atoms with Crippen LogP contribution in [0.4, 0.5) is 22.8 Å². The monoisotopic (exact) mass is 474 g/mol. The van der Waals surface area contributed by atoms with Crippen molar-refractivity contribution in [2.75, 3.05) is 45.9 Å². The molecule has 5 rings (SSSR count). The predicted octanol–water partition coefficient (Wildman–Crippen LogP) is 1.01. The standard InChI is InChI=1S/C19H21F3N4O5S/c20-19(21,22)32(29,30)14-3-1-13(2-4-14)5-24-6-17(7-24)8-25(9-17)16(28)26-10-18(11-26)12-31-15(27)23-18/h1-4H,5-12H2,(H,23,27). The van der Waals surface area contributed by atoms with Crippen LogP contribution in [0.3, 0.4) is 0 Å². The van der Waals surface area contributed by atoms with Gasteiger partial charge in [-0.3, -0.25) is 4.90 Å². The van der Waals surface area contributed by atoms with Crippen molar-refractivity contribution in [1.82, 2.24) is 20.0 Å². The molecule has 0 aromatic heterocycles. The number of rotatable bonds is 3. The van der Waals surface area contributed by atoms with E-state index in [9.17, 15) is 31.2 Å². The molecule has 0 aliphatic carbocycles. The van der Waals surface area contributed by atoms with Crippen LogP contribution in [0, 0.1) is 5.41 Å². The molecule has 0 radical (unpaired) electrons. The Balaban J connectivity index is 1.08. The molecule has 1 aromatic carbocycles. The maximum absolute atomic E-state index is 12.6. The number of carbonyl (C=O) groups excluding carboxylic acids is 2. The minimum absolute atomic E-state index is 0.0302. The first-order valence-electron chi connectivity index (χ1n) is 10.0. The maximum atomic E-state index is 12.6. The van der Waals surface area contributed by atoms with Crippen LogP contribution >= 0.6 is 0 Å². The molecule has 4 aliphatic heterocycles. The first-order chi connectivity index (χ1) is 14.9. The van der Waals surface area contributed by atoms with Crippen LogP contribution in [0.5, 0.6) is 0 Å². The van der Waals surface area contributed by atoms with Crippen LogP contribution in [-0.2, 0) is 21.1 Å². The Labute approximate surface area is 182 Å². The summed E-state index contributed by atoms with van der Waals surface area (Å²) in [5, 5.41) is 2.74. The van der Waals surface area contributed by atoms with Gasteiger partial charge in [-0.2, -0.15) is 13.2 Å². The second-order valence-electron chi connectivity index (χ2n) is 9.21. The molecule has 4 aliphatic rings. The molecule has 0 saturated carbocycles. The fourth-order valence-electron chi connectivity index (χ4n) is 4.96. The molecule has 174 valence electrons. The number of sulfone groups is 1. The Hall–Kier alpha value is -2.54. The zero-order valence-electron chi connectivity index (χ0n) is 16.9. The third-order valence-electron chi connectivity index (χ3n) is 6.49. The molecule has 0 unspecified atom stereocenters. The van der Waals surface area contributed by atoms with Crippen molar-refractivity contribution in [3.8, 4) is 0 Å². The van der Waals surface area contributed by atoms with Crippen LogP contribution in [0.1, 0.15) is 5.56 Å². The van der Waals surface area contributed by atoms with E-state index in [0.717, 1.165) is 30.8 Å². The van der Waals surface area contributed by atoms with Crippen molar-refractivity contribution in [2.24, 2.45) is 5.41 Å². The highest BCUT2D eigenvalue weighted by Crippen LogP contribution is 2.41. The van der Waals surface area contributed by atoms with Gasteiger partial charge in [-0.05, 0) is 17.7 Å². The zero-order valence-corrected chi connectivity index (χ0v) is 17.7. The van der Waals surface area contributed by atoms with Crippen molar-refractivity contribution < 1.29 is 35.9 Å². The van der Waals surface area contributed by atoms with E-state index < -0.39 is 31.9 Å². The number of nitrogens with zero attached hydrogens (tertiary/aromatic N) is 3. The van der Waals surface area contributed by atoms with Gasteiger partial charge < -0.3 is 19.9 Å². The first-order valence-corrected chi connectivity index (χ1v) is 11.5. The van der Waals surface area contributed by atoms with Crippen molar-refractivity contribution in [3.05, 3.63) is 29.8 Å². The van der Waals surface area contributed by atoms with Gasteiger partial charge >= 0.3 is 17.6 Å². The highest BCUT2D eigenvalue weighted by Gasteiger charge is 2.57. The van der Waals surface area contributed by atoms with Crippen LogP contribution in [0.2, 0.25) is 0 Å². The number of hydrogen-bond acceptors (Lipinski definition) is 6. The van der Waals surface area contributed by atoms with E-state index in [1.807, 2.05) is 0 Å². The highest BCUT2D eigenvalue weighted by atomic mass is 32.2. The molecule has 1 N–H and O–H groups in total. The van der Waals surface area contributed by atoms with Gasteiger partial charge in [0.1, 0.15) is 12.1 Å². The summed E-state index contributed by atoms with van der Waals surface area (Å²) in [7, 11) is -5.34. The largest absolute Gasteiger partial charge is 0.501 e. The van der Waals surface area contributed by atoms with E-state index in [1.54, 1.807) is 9.80 Å². The summed E-state index contributed by atoms with van der Waals surface area (Å²) in [6.07, 6.45) is -0.453. The molecule has 4 fully saturated rings. The lowest BCUT2D eigenvalue weighted by atomic mass is 9.72.